The molecule has 5 nitrogen and oxygen atoms in total. The van der Waals surface area contributed by atoms with Crippen molar-refractivity contribution in [1.82, 2.24) is 9.62 Å². The first kappa shape index (κ1) is 22.9. The third-order valence-electron chi connectivity index (χ3n) is 5.01. The van der Waals surface area contributed by atoms with Gasteiger partial charge in [0.2, 0.25) is 10.0 Å². The van der Waals surface area contributed by atoms with Gasteiger partial charge >= 0.3 is 0 Å². The summed E-state index contributed by atoms with van der Waals surface area (Å²) < 4.78 is 25.5. The third-order valence-corrected chi connectivity index (χ3v) is 7.09. The SMILES string of the molecule is CN(C)S(=O)(=O)c1ccc(NC(=S)NCCC(c2ccccc2)c2ccccc2)cc1. The quantitative estimate of drug-likeness (QED) is 0.494. The zero-order valence-corrected chi connectivity index (χ0v) is 19.3. The Kier molecular flexibility index (Phi) is 7.79. The molecule has 162 valence electrons. The van der Waals surface area contributed by atoms with E-state index in [0.717, 1.165) is 12.1 Å². The molecule has 3 rings (SSSR count). The van der Waals surface area contributed by atoms with Crippen LogP contribution < -0.4 is 10.6 Å². The van der Waals surface area contributed by atoms with E-state index < -0.39 is 10.0 Å². The van der Waals surface area contributed by atoms with E-state index in [4.69, 9.17) is 12.2 Å². The highest BCUT2D eigenvalue weighted by molar-refractivity contribution is 7.89. The molecular formula is C24H27N3O2S2. The fourth-order valence-corrected chi connectivity index (χ4v) is 4.44. The Morgan fingerprint density at radius 1 is 0.871 bits per heavy atom. The first-order valence-electron chi connectivity index (χ1n) is 10.1. The fraction of sp³-hybridized carbons (Fsp3) is 0.208. The van der Waals surface area contributed by atoms with Crippen molar-refractivity contribution < 1.29 is 8.42 Å². The van der Waals surface area contributed by atoms with Gasteiger partial charge in [0.25, 0.3) is 0 Å². The van der Waals surface area contributed by atoms with Gasteiger partial charge < -0.3 is 10.6 Å². The molecule has 0 bridgehead atoms. The second kappa shape index (κ2) is 10.5. The van der Waals surface area contributed by atoms with Crippen LogP contribution in [-0.2, 0) is 10.0 Å². The average molecular weight is 454 g/mol. The van der Waals surface area contributed by atoms with E-state index in [-0.39, 0.29) is 10.8 Å². The van der Waals surface area contributed by atoms with Crippen molar-refractivity contribution in [3.05, 3.63) is 96.1 Å². The maximum atomic E-state index is 12.2. The average Bonchev–Trinajstić information content (AvgIpc) is 2.78. The maximum absolute atomic E-state index is 12.2. The van der Waals surface area contributed by atoms with Crippen molar-refractivity contribution in [2.24, 2.45) is 0 Å². The zero-order chi connectivity index (χ0) is 22.3. The van der Waals surface area contributed by atoms with Crippen LogP contribution in [0, 0.1) is 0 Å². The van der Waals surface area contributed by atoms with Crippen LogP contribution in [0.4, 0.5) is 5.69 Å². The van der Waals surface area contributed by atoms with E-state index in [0.29, 0.717) is 11.7 Å². The molecule has 0 aromatic heterocycles. The Hall–Kier alpha value is -2.74. The summed E-state index contributed by atoms with van der Waals surface area (Å²) in [6, 6.07) is 27.5. The molecule has 0 aliphatic carbocycles. The lowest BCUT2D eigenvalue weighted by atomic mass is 9.88. The smallest absolute Gasteiger partial charge is 0.242 e. The van der Waals surface area contributed by atoms with Crippen LogP contribution in [0.5, 0.6) is 0 Å². The molecule has 0 atom stereocenters. The lowest BCUT2D eigenvalue weighted by Gasteiger charge is -2.19. The van der Waals surface area contributed by atoms with Gasteiger partial charge in [-0.05, 0) is 54.0 Å². The normalized spacial score (nSPS) is 11.5. The number of hydrogen-bond acceptors (Lipinski definition) is 3. The highest BCUT2D eigenvalue weighted by atomic mass is 32.2. The highest BCUT2D eigenvalue weighted by Gasteiger charge is 2.17. The predicted octanol–water partition coefficient (Wildman–Crippen LogP) is 4.45. The monoisotopic (exact) mass is 453 g/mol. The minimum atomic E-state index is -3.44. The second-order valence-electron chi connectivity index (χ2n) is 7.36. The summed E-state index contributed by atoms with van der Waals surface area (Å²) in [6.07, 6.45) is 0.885. The summed E-state index contributed by atoms with van der Waals surface area (Å²) in [5.74, 6) is 0.272. The van der Waals surface area contributed by atoms with E-state index in [1.807, 2.05) is 12.1 Å². The van der Waals surface area contributed by atoms with E-state index in [9.17, 15) is 8.42 Å². The number of nitrogens with zero attached hydrogens (tertiary/aromatic N) is 1. The molecule has 31 heavy (non-hydrogen) atoms. The summed E-state index contributed by atoms with van der Waals surface area (Å²) in [4.78, 5) is 0.246. The summed E-state index contributed by atoms with van der Waals surface area (Å²) >= 11 is 5.42. The Morgan fingerprint density at radius 2 is 1.39 bits per heavy atom. The van der Waals surface area contributed by atoms with E-state index in [2.05, 4.69) is 59.2 Å². The van der Waals surface area contributed by atoms with Crippen molar-refractivity contribution >= 4 is 33.0 Å². The molecule has 0 amide bonds. The topological polar surface area (TPSA) is 61.4 Å². The minimum Gasteiger partial charge on any atom is -0.362 e. The molecule has 7 heteroatoms. The van der Waals surface area contributed by atoms with Crippen LogP contribution in [-0.4, -0.2) is 38.5 Å². The maximum Gasteiger partial charge on any atom is 0.242 e. The molecule has 0 spiro atoms. The zero-order valence-electron chi connectivity index (χ0n) is 17.7. The number of sulfonamides is 1. The van der Waals surface area contributed by atoms with Gasteiger partial charge in [0.1, 0.15) is 0 Å². The number of nitrogens with one attached hydrogen (secondary N) is 2. The number of benzene rings is 3. The Labute approximate surface area is 190 Å². The molecule has 0 fully saturated rings. The van der Waals surface area contributed by atoms with Gasteiger partial charge in [0.05, 0.1) is 4.90 Å². The van der Waals surface area contributed by atoms with Gasteiger partial charge in [-0.25, -0.2) is 12.7 Å². The Bertz CT molecular complexity index is 1050. The molecule has 0 aliphatic heterocycles. The van der Waals surface area contributed by atoms with E-state index >= 15 is 0 Å². The Balaban J connectivity index is 1.58. The molecule has 3 aromatic carbocycles. The highest BCUT2D eigenvalue weighted by Crippen LogP contribution is 2.27. The number of hydrogen-bond donors (Lipinski definition) is 2. The summed E-state index contributed by atoms with van der Waals surface area (Å²) in [6.45, 7) is 0.702. The van der Waals surface area contributed by atoms with Crippen LogP contribution in [0.1, 0.15) is 23.5 Å². The first-order chi connectivity index (χ1) is 14.9. The van der Waals surface area contributed by atoms with Gasteiger partial charge in [-0.3, -0.25) is 0 Å². The van der Waals surface area contributed by atoms with Crippen LogP contribution in [0.15, 0.2) is 89.8 Å². The van der Waals surface area contributed by atoms with E-state index in [1.165, 1.54) is 29.5 Å². The summed E-state index contributed by atoms with van der Waals surface area (Å²) in [5.41, 5.74) is 3.28. The van der Waals surface area contributed by atoms with Crippen LogP contribution in [0.2, 0.25) is 0 Å². The van der Waals surface area contributed by atoms with Gasteiger partial charge in [0.15, 0.2) is 5.11 Å². The molecule has 0 radical (unpaired) electrons. The van der Waals surface area contributed by atoms with Crippen molar-refractivity contribution in [2.45, 2.75) is 17.2 Å². The molecule has 0 saturated heterocycles. The van der Waals surface area contributed by atoms with E-state index in [1.54, 1.807) is 24.3 Å². The Morgan fingerprint density at radius 3 is 1.87 bits per heavy atom. The third kappa shape index (κ3) is 6.13. The molecule has 0 heterocycles. The molecule has 0 unspecified atom stereocenters. The van der Waals surface area contributed by atoms with Gasteiger partial charge in [0, 0.05) is 32.2 Å². The largest absolute Gasteiger partial charge is 0.362 e. The summed E-state index contributed by atoms with van der Waals surface area (Å²) in [5, 5.41) is 6.88. The van der Waals surface area contributed by atoms with Crippen LogP contribution in [0.3, 0.4) is 0 Å². The molecule has 0 aliphatic rings. The van der Waals surface area contributed by atoms with Crippen molar-refractivity contribution in [1.29, 1.82) is 0 Å². The standard InChI is InChI=1S/C24H27N3O2S2/c1-27(2)31(28,29)22-15-13-21(14-16-22)26-24(30)25-18-17-23(19-9-5-3-6-10-19)20-11-7-4-8-12-20/h3-16,23H,17-18H2,1-2H3,(H2,25,26,30). The fourth-order valence-electron chi connectivity index (χ4n) is 3.32. The lowest BCUT2D eigenvalue weighted by Crippen LogP contribution is -2.30. The van der Waals surface area contributed by atoms with Crippen molar-refractivity contribution in [3.63, 3.8) is 0 Å². The number of anilines is 1. The molecule has 2 N–H and O–H groups in total. The van der Waals surface area contributed by atoms with Crippen molar-refractivity contribution in [2.75, 3.05) is 26.0 Å². The van der Waals surface area contributed by atoms with Crippen LogP contribution >= 0.6 is 12.2 Å². The minimum absolute atomic E-state index is 0.246. The summed E-state index contributed by atoms with van der Waals surface area (Å²) in [7, 11) is -0.416. The predicted molar refractivity (Wildman–Crippen MR) is 131 cm³/mol. The van der Waals surface area contributed by atoms with Crippen molar-refractivity contribution in [3.8, 4) is 0 Å². The lowest BCUT2D eigenvalue weighted by molar-refractivity contribution is 0.521. The molecular weight excluding hydrogens is 426 g/mol. The van der Waals surface area contributed by atoms with Gasteiger partial charge in [-0.15, -0.1) is 0 Å². The number of thiocarbonyl (C=S) groups is 1. The molecule has 0 saturated carbocycles. The van der Waals surface area contributed by atoms with Crippen LogP contribution in [0.25, 0.3) is 0 Å². The number of rotatable bonds is 8. The first-order valence-corrected chi connectivity index (χ1v) is 11.9. The van der Waals surface area contributed by atoms with Gasteiger partial charge in [-0.1, -0.05) is 60.7 Å². The molecule has 3 aromatic rings. The second-order valence-corrected chi connectivity index (χ2v) is 9.92. The van der Waals surface area contributed by atoms with Gasteiger partial charge in [-0.2, -0.15) is 0 Å².